The van der Waals surface area contributed by atoms with Gasteiger partial charge >= 0.3 is 0 Å². The highest BCUT2D eigenvalue weighted by molar-refractivity contribution is 6.27. The van der Waals surface area contributed by atoms with E-state index in [1.54, 1.807) is 25.3 Å². The van der Waals surface area contributed by atoms with Crippen molar-refractivity contribution >= 4 is 28.3 Å². The van der Waals surface area contributed by atoms with Crippen LogP contribution in [-0.4, -0.2) is 50.4 Å². The molecular weight excluding hydrogens is 324 g/mol. The molecule has 0 aromatic heterocycles. The Morgan fingerprint density at radius 2 is 1.92 bits per heavy atom. The molecule has 1 aliphatic rings. The maximum atomic E-state index is 12.0. The average molecular weight is 344 g/mol. The van der Waals surface area contributed by atoms with E-state index in [1.165, 1.54) is 6.07 Å². The fourth-order valence-corrected chi connectivity index (χ4v) is 2.89. The number of methoxy groups -OCH3 is 1. The highest BCUT2D eigenvalue weighted by atomic mass is 16.5. The van der Waals surface area contributed by atoms with Gasteiger partial charge in [0.05, 0.1) is 24.5 Å². The van der Waals surface area contributed by atoms with Crippen LogP contribution in [0, 0.1) is 0 Å². The van der Waals surface area contributed by atoms with Gasteiger partial charge in [-0.05, 0) is 18.6 Å². The normalized spacial score (nSPS) is 13.2. The lowest BCUT2D eigenvalue weighted by Gasteiger charge is -2.20. The van der Waals surface area contributed by atoms with Crippen LogP contribution >= 0.6 is 0 Å². The summed E-state index contributed by atoms with van der Waals surface area (Å²) in [4.78, 5) is 24.1. The predicted octanol–water partition coefficient (Wildman–Crippen LogP) is 1.89. The number of carbonyl (C=O) groups excluding carboxylic acids is 2. The first-order valence-electron chi connectivity index (χ1n) is 8.08. The SMILES string of the molecule is COCCOCCCNc1c(O)cc2c3c(cccc13)C(=O)NC2=O. The zero-order chi connectivity index (χ0) is 17.8. The van der Waals surface area contributed by atoms with Crippen molar-refractivity contribution in [2.45, 2.75) is 6.42 Å². The highest BCUT2D eigenvalue weighted by Gasteiger charge is 2.27. The summed E-state index contributed by atoms with van der Waals surface area (Å²) < 4.78 is 10.3. The molecule has 0 unspecified atom stereocenters. The largest absolute Gasteiger partial charge is 0.506 e. The fraction of sp³-hybridized carbons (Fsp3) is 0.333. The van der Waals surface area contributed by atoms with Crippen LogP contribution in [0.2, 0.25) is 0 Å². The summed E-state index contributed by atoms with van der Waals surface area (Å²) in [6.07, 6.45) is 0.742. The molecule has 0 atom stereocenters. The van der Waals surface area contributed by atoms with Gasteiger partial charge in [-0.3, -0.25) is 14.9 Å². The van der Waals surface area contributed by atoms with Gasteiger partial charge in [0.1, 0.15) is 5.75 Å². The van der Waals surface area contributed by atoms with E-state index in [0.717, 1.165) is 6.42 Å². The lowest BCUT2D eigenvalue weighted by molar-refractivity contribution is 0.0705. The van der Waals surface area contributed by atoms with E-state index < -0.39 is 11.8 Å². The van der Waals surface area contributed by atoms with Gasteiger partial charge in [0, 0.05) is 36.6 Å². The van der Waals surface area contributed by atoms with Gasteiger partial charge in [-0.25, -0.2) is 0 Å². The Hall–Kier alpha value is -2.64. The molecule has 3 N–H and O–H groups in total. The van der Waals surface area contributed by atoms with Gasteiger partial charge in [0.2, 0.25) is 0 Å². The summed E-state index contributed by atoms with van der Waals surface area (Å²) in [5.74, 6) is -0.946. The monoisotopic (exact) mass is 344 g/mol. The summed E-state index contributed by atoms with van der Waals surface area (Å²) in [5.41, 5.74) is 1.24. The van der Waals surface area contributed by atoms with Crippen LogP contribution in [0.1, 0.15) is 27.1 Å². The Morgan fingerprint density at radius 3 is 2.72 bits per heavy atom. The maximum absolute atomic E-state index is 12.0. The number of amides is 2. The number of aromatic hydroxyl groups is 1. The molecule has 132 valence electrons. The number of nitrogens with one attached hydrogen (secondary N) is 2. The van der Waals surface area contributed by atoms with Crippen LogP contribution in [-0.2, 0) is 9.47 Å². The Kier molecular flexibility index (Phi) is 5.16. The molecule has 25 heavy (non-hydrogen) atoms. The van der Waals surface area contributed by atoms with Crippen molar-refractivity contribution in [2.24, 2.45) is 0 Å². The fourth-order valence-electron chi connectivity index (χ4n) is 2.89. The molecule has 1 aliphatic heterocycles. The third kappa shape index (κ3) is 3.42. The van der Waals surface area contributed by atoms with E-state index in [2.05, 4.69) is 10.6 Å². The van der Waals surface area contributed by atoms with Crippen molar-refractivity contribution in [2.75, 3.05) is 38.8 Å². The van der Waals surface area contributed by atoms with E-state index in [9.17, 15) is 14.7 Å². The molecule has 0 aliphatic carbocycles. The third-order valence-corrected chi connectivity index (χ3v) is 4.06. The van der Waals surface area contributed by atoms with Crippen molar-refractivity contribution in [1.82, 2.24) is 5.32 Å². The first kappa shape index (κ1) is 17.2. The molecule has 0 saturated heterocycles. The molecule has 2 aromatic carbocycles. The van der Waals surface area contributed by atoms with Crippen molar-refractivity contribution in [1.29, 1.82) is 0 Å². The van der Waals surface area contributed by atoms with Crippen molar-refractivity contribution in [3.05, 3.63) is 35.4 Å². The minimum atomic E-state index is -0.498. The second-order valence-electron chi connectivity index (χ2n) is 5.72. The van der Waals surface area contributed by atoms with Gasteiger partial charge < -0.3 is 19.9 Å². The van der Waals surface area contributed by atoms with Crippen LogP contribution in [0.15, 0.2) is 24.3 Å². The van der Waals surface area contributed by atoms with Gasteiger partial charge in [0.15, 0.2) is 0 Å². The van der Waals surface area contributed by atoms with Crippen LogP contribution in [0.5, 0.6) is 5.75 Å². The number of ether oxygens (including phenoxy) is 2. The molecule has 0 saturated carbocycles. The summed E-state index contributed by atoms with van der Waals surface area (Å²) >= 11 is 0. The van der Waals surface area contributed by atoms with E-state index in [-0.39, 0.29) is 5.75 Å². The van der Waals surface area contributed by atoms with Gasteiger partial charge in [0.25, 0.3) is 11.8 Å². The first-order valence-corrected chi connectivity index (χ1v) is 8.08. The molecule has 0 bridgehead atoms. The second kappa shape index (κ2) is 7.50. The van der Waals surface area contributed by atoms with E-state index >= 15 is 0 Å². The van der Waals surface area contributed by atoms with Crippen LogP contribution in [0.25, 0.3) is 10.8 Å². The molecule has 0 radical (unpaired) electrons. The lowest BCUT2D eigenvalue weighted by Crippen LogP contribution is -2.34. The number of anilines is 1. The molecule has 2 amide bonds. The summed E-state index contributed by atoms with van der Waals surface area (Å²) in [5, 5.41) is 17.0. The number of hydrogen-bond donors (Lipinski definition) is 3. The molecule has 0 spiro atoms. The smallest absolute Gasteiger partial charge is 0.258 e. The number of phenolic OH excluding ortho intramolecular Hbond substituents is 1. The van der Waals surface area contributed by atoms with E-state index in [1.807, 2.05) is 0 Å². The summed E-state index contributed by atoms with van der Waals surface area (Å²) in [7, 11) is 1.62. The quantitative estimate of drug-likeness (QED) is 0.384. The third-order valence-electron chi connectivity index (χ3n) is 4.06. The minimum Gasteiger partial charge on any atom is -0.506 e. The predicted molar refractivity (Wildman–Crippen MR) is 93.2 cm³/mol. The Bertz CT molecular complexity index is 819. The zero-order valence-electron chi connectivity index (χ0n) is 13.9. The molecule has 7 heteroatoms. The number of carbonyl (C=O) groups is 2. The zero-order valence-corrected chi connectivity index (χ0v) is 13.9. The van der Waals surface area contributed by atoms with Gasteiger partial charge in [-0.2, -0.15) is 0 Å². The Labute approximate surface area is 144 Å². The highest BCUT2D eigenvalue weighted by Crippen LogP contribution is 2.38. The first-order chi connectivity index (χ1) is 12.1. The standard InChI is InChI=1S/C18H20N2O5/c1-24-8-9-25-7-3-6-19-16-11-4-2-5-12-15(11)13(10-14(16)21)18(23)20-17(12)22/h2,4-5,10,19,21H,3,6-9H2,1H3,(H,20,22,23). The molecule has 2 aromatic rings. The second-order valence-corrected chi connectivity index (χ2v) is 5.72. The molecule has 1 heterocycles. The van der Waals surface area contributed by atoms with Crippen molar-refractivity contribution in [3.8, 4) is 5.75 Å². The number of hydrogen-bond acceptors (Lipinski definition) is 6. The van der Waals surface area contributed by atoms with Crippen LogP contribution in [0.4, 0.5) is 5.69 Å². The van der Waals surface area contributed by atoms with Crippen LogP contribution < -0.4 is 10.6 Å². The van der Waals surface area contributed by atoms with E-state index in [0.29, 0.717) is 54.0 Å². The van der Waals surface area contributed by atoms with E-state index in [4.69, 9.17) is 9.47 Å². The summed E-state index contributed by atoms with van der Waals surface area (Å²) in [6.45, 7) is 2.25. The Balaban J connectivity index is 1.81. The molecule has 3 rings (SSSR count). The number of rotatable bonds is 8. The Morgan fingerprint density at radius 1 is 1.12 bits per heavy atom. The molecule has 7 nitrogen and oxygen atoms in total. The van der Waals surface area contributed by atoms with Crippen molar-refractivity contribution < 1.29 is 24.2 Å². The topological polar surface area (TPSA) is 96.9 Å². The number of benzene rings is 2. The maximum Gasteiger partial charge on any atom is 0.258 e. The van der Waals surface area contributed by atoms with Gasteiger partial charge in [-0.15, -0.1) is 0 Å². The van der Waals surface area contributed by atoms with Crippen molar-refractivity contribution in [3.63, 3.8) is 0 Å². The summed E-state index contributed by atoms with van der Waals surface area (Å²) in [6, 6.07) is 6.57. The van der Waals surface area contributed by atoms with Crippen LogP contribution in [0.3, 0.4) is 0 Å². The average Bonchev–Trinajstić information content (AvgIpc) is 2.60. The lowest BCUT2D eigenvalue weighted by atomic mass is 9.93. The molecular formula is C18H20N2O5. The minimum absolute atomic E-state index is 0.0237. The number of imide groups is 1. The van der Waals surface area contributed by atoms with Gasteiger partial charge in [-0.1, -0.05) is 12.1 Å². The number of phenols is 1. The molecule has 0 fully saturated rings.